The van der Waals surface area contributed by atoms with Crippen molar-refractivity contribution in [1.29, 1.82) is 0 Å². The lowest BCUT2D eigenvalue weighted by Gasteiger charge is -2.27. The summed E-state index contributed by atoms with van der Waals surface area (Å²) < 4.78 is 36.9. The second-order valence-electron chi connectivity index (χ2n) is 6.67. The number of aromatic nitrogens is 3. The maximum atomic E-state index is 11.6. The van der Waals surface area contributed by atoms with Crippen molar-refractivity contribution in [2.24, 2.45) is 0 Å². The molecule has 0 amide bonds. The number of aliphatic hydroxyl groups is 2. The molecule has 0 aliphatic carbocycles. The average molecular weight is 485 g/mol. The Morgan fingerprint density at radius 3 is 2.61 bits per heavy atom. The lowest BCUT2D eigenvalue weighted by molar-refractivity contribution is -0.383. The van der Waals surface area contributed by atoms with Crippen molar-refractivity contribution >= 4 is 38.2 Å². The van der Waals surface area contributed by atoms with Gasteiger partial charge in [-0.1, -0.05) is 0 Å². The average Bonchev–Trinajstić information content (AvgIpc) is 3.09. The van der Waals surface area contributed by atoms with Gasteiger partial charge >= 0.3 is 15.6 Å². The van der Waals surface area contributed by atoms with Crippen LogP contribution in [-0.2, 0) is 22.7 Å². The van der Waals surface area contributed by atoms with Gasteiger partial charge in [-0.25, -0.2) is 19.1 Å². The van der Waals surface area contributed by atoms with Crippen molar-refractivity contribution in [3.8, 4) is 0 Å². The summed E-state index contributed by atoms with van der Waals surface area (Å²) in [6.45, 7) is 0.176. The first-order valence-electron chi connectivity index (χ1n) is 8.19. The molecule has 19 heteroatoms. The van der Waals surface area contributed by atoms with E-state index >= 15 is 0 Å². The van der Waals surface area contributed by atoms with Crippen molar-refractivity contribution in [2.75, 3.05) is 12.3 Å². The van der Waals surface area contributed by atoms with E-state index in [0.717, 1.165) is 24.0 Å². The van der Waals surface area contributed by atoms with Crippen LogP contribution in [0.15, 0.2) is 12.5 Å². The molecule has 0 radical (unpaired) electrons. The quantitative estimate of drug-likeness (QED) is 0.158. The van der Waals surface area contributed by atoms with E-state index in [4.69, 9.17) is 20.3 Å². The second-order valence-corrected chi connectivity index (χ2v) is 9.50. The Labute approximate surface area is 172 Å². The minimum absolute atomic E-state index is 0.101. The number of aliphatic hydroxyl groups excluding tert-OH is 1. The summed E-state index contributed by atoms with van der Waals surface area (Å²) in [5.41, 5.74) is 2.96. The molecule has 31 heavy (non-hydrogen) atoms. The summed E-state index contributed by atoms with van der Waals surface area (Å²) in [6, 6.07) is 0. The number of nitrogens with two attached hydrogens (primary N) is 1. The van der Waals surface area contributed by atoms with Gasteiger partial charge in [0.15, 0.2) is 11.9 Å². The lowest BCUT2D eigenvalue weighted by Crippen LogP contribution is -2.44. The van der Waals surface area contributed by atoms with Crippen molar-refractivity contribution in [1.82, 2.24) is 14.5 Å². The lowest BCUT2D eigenvalue weighted by atomic mass is 9.96. The van der Waals surface area contributed by atoms with Crippen LogP contribution in [0.3, 0.4) is 0 Å². The smallest absolute Gasteiger partial charge is 0.387 e. The van der Waals surface area contributed by atoms with Crippen LogP contribution in [0, 0.1) is 10.1 Å². The summed E-state index contributed by atoms with van der Waals surface area (Å²) in [4.78, 5) is 44.8. The van der Waals surface area contributed by atoms with Gasteiger partial charge in [-0.15, -0.1) is 0 Å². The summed E-state index contributed by atoms with van der Waals surface area (Å²) in [5, 5.41) is 32.4. The maximum Gasteiger partial charge on any atom is 0.481 e. The molecule has 17 nitrogen and oxygen atoms in total. The third kappa shape index (κ3) is 4.61. The monoisotopic (exact) mass is 485 g/mol. The standard InChI is InChI=1S/C12H17N5O12P2/c1-12(19)8(18)6(3-27-31(25,26)29-30(22,23)24)28-11(12)16-2-5(17(20)21)7-9(13)14-4-15-10(7)16/h2,4,6,8,11,18-19H,3H2,1H3,(H,25,26)(H2,13,14,15)(H2,22,23,24)/t6-,8-,11-,12-/m1/s1. The zero-order chi connectivity index (χ0) is 23.4. The van der Waals surface area contributed by atoms with E-state index in [1.165, 1.54) is 0 Å². The van der Waals surface area contributed by atoms with Crippen LogP contribution in [0.4, 0.5) is 11.5 Å². The maximum absolute atomic E-state index is 11.6. The first kappa shape index (κ1) is 23.6. The van der Waals surface area contributed by atoms with Gasteiger partial charge in [-0.3, -0.25) is 19.2 Å². The topological polar surface area (TPSA) is 263 Å². The van der Waals surface area contributed by atoms with E-state index in [0.29, 0.717) is 0 Å². The molecule has 7 N–H and O–H groups in total. The fraction of sp³-hybridized carbons (Fsp3) is 0.500. The third-order valence-corrected chi connectivity index (χ3v) is 6.59. The number of phosphoric ester groups is 1. The second kappa shape index (κ2) is 7.83. The van der Waals surface area contributed by atoms with Crippen molar-refractivity contribution in [2.45, 2.75) is 31.0 Å². The molecule has 1 fully saturated rings. The van der Waals surface area contributed by atoms with Crippen LogP contribution in [-0.4, -0.2) is 68.8 Å². The summed E-state index contributed by atoms with van der Waals surface area (Å²) in [7, 11) is -10.6. The number of nitrogens with zero attached hydrogens (tertiary/aromatic N) is 4. The van der Waals surface area contributed by atoms with Crippen molar-refractivity contribution in [3.05, 3.63) is 22.6 Å². The molecule has 5 atom stereocenters. The van der Waals surface area contributed by atoms with Crippen molar-refractivity contribution in [3.63, 3.8) is 0 Å². The van der Waals surface area contributed by atoms with Crippen LogP contribution in [0.5, 0.6) is 0 Å². The van der Waals surface area contributed by atoms with Gasteiger partial charge in [0.25, 0.3) is 5.69 Å². The number of fused-ring (bicyclic) bond motifs is 1. The number of hydrogen-bond donors (Lipinski definition) is 6. The van der Waals surface area contributed by atoms with E-state index < -0.39 is 56.9 Å². The van der Waals surface area contributed by atoms with Gasteiger partial charge in [0.2, 0.25) is 0 Å². The zero-order valence-electron chi connectivity index (χ0n) is 15.4. The van der Waals surface area contributed by atoms with E-state index in [1.807, 2.05) is 0 Å². The molecule has 3 heterocycles. The molecule has 0 spiro atoms. The van der Waals surface area contributed by atoms with E-state index in [-0.39, 0.29) is 16.9 Å². The van der Waals surface area contributed by atoms with Gasteiger partial charge < -0.3 is 35.4 Å². The molecule has 0 bridgehead atoms. The highest BCUT2D eigenvalue weighted by molar-refractivity contribution is 7.60. The largest absolute Gasteiger partial charge is 0.481 e. The van der Waals surface area contributed by atoms with Gasteiger partial charge in [0.1, 0.15) is 35.3 Å². The Kier molecular flexibility index (Phi) is 5.96. The molecule has 2 aromatic rings. The number of phosphoric acid groups is 2. The Bertz CT molecular complexity index is 1110. The van der Waals surface area contributed by atoms with Crippen LogP contribution >= 0.6 is 15.6 Å². The zero-order valence-corrected chi connectivity index (χ0v) is 17.2. The minimum atomic E-state index is -5.37. The molecular formula is C12H17N5O12P2. The molecule has 2 aromatic heterocycles. The van der Waals surface area contributed by atoms with Crippen molar-refractivity contribution < 1.29 is 52.5 Å². The SMILES string of the molecule is C[C@@]1(O)[C@H](O)[C@@H](COP(=O)(O)OP(=O)(O)O)O[C@H]1n1cc([N+](=O)[O-])c2c(N)ncnc21. The van der Waals surface area contributed by atoms with E-state index in [2.05, 4.69) is 18.8 Å². The predicted molar refractivity (Wildman–Crippen MR) is 98.0 cm³/mol. The normalized spacial score (nSPS) is 28.6. The number of anilines is 1. The van der Waals surface area contributed by atoms with E-state index in [9.17, 15) is 34.4 Å². The first-order valence-corrected chi connectivity index (χ1v) is 11.2. The Balaban J connectivity index is 1.92. The minimum Gasteiger partial charge on any atom is -0.387 e. The number of nitro groups is 1. The van der Waals surface area contributed by atoms with Crippen LogP contribution in [0.25, 0.3) is 11.0 Å². The molecule has 0 aromatic carbocycles. The number of rotatable bonds is 7. The van der Waals surface area contributed by atoms with Crippen LogP contribution < -0.4 is 5.73 Å². The third-order valence-electron chi connectivity index (χ3n) is 4.43. The molecule has 1 unspecified atom stereocenters. The van der Waals surface area contributed by atoms with E-state index in [1.54, 1.807) is 0 Å². The highest BCUT2D eigenvalue weighted by atomic mass is 31.3. The van der Waals surface area contributed by atoms with Crippen LogP contribution in [0.2, 0.25) is 0 Å². The van der Waals surface area contributed by atoms with Gasteiger partial charge in [-0.2, -0.15) is 4.31 Å². The summed E-state index contributed by atoms with van der Waals surface area (Å²) >= 11 is 0. The Morgan fingerprint density at radius 1 is 1.39 bits per heavy atom. The van der Waals surface area contributed by atoms with Gasteiger partial charge in [0, 0.05) is 0 Å². The van der Waals surface area contributed by atoms with Gasteiger partial charge in [0.05, 0.1) is 17.7 Å². The number of nitrogen functional groups attached to an aromatic ring is 1. The predicted octanol–water partition coefficient (Wildman–Crippen LogP) is -0.843. The van der Waals surface area contributed by atoms with Crippen LogP contribution in [0.1, 0.15) is 13.2 Å². The molecular weight excluding hydrogens is 468 g/mol. The molecule has 172 valence electrons. The fourth-order valence-corrected chi connectivity index (χ4v) is 4.71. The molecule has 0 saturated carbocycles. The number of hydrogen-bond acceptors (Lipinski definition) is 12. The number of ether oxygens (including phenoxy) is 1. The Morgan fingerprint density at radius 2 is 2.03 bits per heavy atom. The Hall–Kier alpha value is -2.04. The fourth-order valence-electron chi connectivity index (χ4n) is 3.11. The highest BCUT2D eigenvalue weighted by Gasteiger charge is 2.54. The summed E-state index contributed by atoms with van der Waals surface area (Å²) in [6.07, 6.45) is -2.83. The highest BCUT2D eigenvalue weighted by Crippen LogP contribution is 2.58. The molecule has 1 saturated heterocycles. The van der Waals surface area contributed by atoms with Gasteiger partial charge in [-0.05, 0) is 6.92 Å². The molecule has 1 aliphatic rings. The molecule has 3 rings (SSSR count). The molecule has 1 aliphatic heterocycles. The first-order chi connectivity index (χ1) is 14.1. The summed E-state index contributed by atoms with van der Waals surface area (Å²) in [5.74, 6) is -0.218.